The minimum absolute atomic E-state index is 0.0396. The Hall–Kier alpha value is -2.67. The summed E-state index contributed by atoms with van der Waals surface area (Å²) in [5.74, 6) is 0.349. The number of benzene rings is 1. The Morgan fingerprint density at radius 3 is 2.81 bits per heavy atom. The summed E-state index contributed by atoms with van der Waals surface area (Å²) in [5.41, 5.74) is 2.84. The van der Waals surface area contributed by atoms with Gasteiger partial charge in [-0.15, -0.1) is 10.2 Å². The maximum absolute atomic E-state index is 12.2. The van der Waals surface area contributed by atoms with Crippen LogP contribution in [-0.4, -0.2) is 47.2 Å². The number of hydrogen-bond acceptors (Lipinski definition) is 6. The van der Waals surface area contributed by atoms with Crippen molar-refractivity contribution < 1.29 is 13.6 Å². The van der Waals surface area contributed by atoms with Crippen LogP contribution in [0.15, 0.2) is 27.0 Å². The Bertz CT molecular complexity index is 953. The molecule has 4 rings (SSSR count). The summed E-state index contributed by atoms with van der Waals surface area (Å²) < 4.78 is 11.4. The topological polar surface area (TPSA) is 84.4 Å². The Morgan fingerprint density at radius 2 is 2.00 bits per heavy atom. The van der Waals surface area contributed by atoms with Crippen molar-refractivity contribution in [3.8, 4) is 11.7 Å². The van der Waals surface area contributed by atoms with E-state index in [0.29, 0.717) is 12.3 Å². The molecule has 1 aromatic carbocycles. The second kappa shape index (κ2) is 7.52. The van der Waals surface area contributed by atoms with Gasteiger partial charge in [-0.1, -0.05) is 11.6 Å². The number of carbonyl (C=O) groups is 1. The molecule has 1 fully saturated rings. The Kier molecular flexibility index (Phi) is 4.94. The predicted octanol–water partition coefficient (Wildman–Crippen LogP) is 3.32. The molecule has 3 aromatic rings. The van der Waals surface area contributed by atoms with Gasteiger partial charge in [-0.25, -0.2) is 0 Å². The van der Waals surface area contributed by atoms with E-state index in [1.54, 1.807) is 0 Å². The number of aryl methyl sites for hydroxylation is 2. The first-order chi connectivity index (χ1) is 13.1. The third kappa shape index (κ3) is 3.73. The summed E-state index contributed by atoms with van der Waals surface area (Å²) in [7, 11) is 0. The van der Waals surface area contributed by atoms with Crippen LogP contribution in [0.25, 0.3) is 22.6 Å². The van der Waals surface area contributed by atoms with Gasteiger partial charge in [-0.05, 0) is 64.9 Å². The number of fused-ring (bicyclic) bond motifs is 1. The van der Waals surface area contributed by atoms with Crippen LogP contribution in [0.4, 0.5) is 0 Å². The van der Waals surface area contributed by atoms with Gasteiger partial charge in [0.25, 0.3) is 5.89 Å². The van der Waals surface area contributed by atoms with Crippen molar-refractivity contribution in [1.82, 2.24) is 20.4 Å². The van der Waals surface area contributed by atoms with Crippen LogP contribution in [0.3, 0.4) is 0 Å². The van der Waals surface area contributed by atoms with Gasteiger partial charge in [0.15, 0.2) is 5.76 Å². The highest BCUT2D eigenvalue weighted by Gasteiger charge is 2.21. The highest BCUT2D eigenvalue weighted by atomic mass is 16.4. The fourth-order valence-electron chi connectivity index (χ4n) is 3.53. The molecule has 0 spiro atoms. The third-order valence-corrected chi connectivity index (χ3v) is 5.04. The van der Waals surface area contributed by atoms with E-state index in [9.17, 15) is 4.79 Å². The van der Waals surface area contributed by atoms with Crippen molar-refractivity contribution in [3.05, 3.63) is 35.2 Å². The summed E-state index contributed by atoms with van der Waals surface area (Å²) in [6.07, 6.45) is 3.46. The molecular formula is C20H24N4O3. The molecule has 1 aliphatic rings. The minimum Gasteiger partial charge on any atom is -0.451 e. The number of aromatic nitrogens is 2. The van der Waals surface area contributed by atoms with Gasteiger partial charge in [0, 0.05) is 17.5 Å². The van der Waals surface area contributed by atoms with E-state index in [1.807, 2.05) is 26.0 Å². The van der Waals surface area contributed by atoms with Crippen LogP contribution in [0.5, 0.6) is 0 Å². The molecule has 0 saturated carbocycles. The minimum atomic E-state index is -0.347. The number of nitrogens with zero attached hydrogens (tertiary/aromatic N) is 3. The van der Waals surface area contributed by atoms with Crippen LogP contribution in [-0.2, 0) is 0 Å². The Labute approximate surface area is 157 Å². The Balaban J connectivity index is 1.40. The van der Waals surface area contributed by atoms with Gasteiger partial charge in [0.05, 0.1) is 0 Å². The Morgan fingerprint density at radius 1 is 1.19 bits per heavy atom. The van der Waals surface area contributed by atoms with Crippen molar-refractivity contribution in [2.75, 3.05) is 26.2 Å². The number of nitrogens with one attached hydrogen (secondary N) is 1. The molecule has 0 aliphatic carbocycles. The number of rotatable bonds is 6. The smallest absolute Gasteiger partial charge is 0.308 e. The molecule has 142 valence electrons. The molecule has 2 aromatic heterocycles. The lowest BCUT2D eigenvalue weighted by Crippen LogP contribution is -2.28. The zero-order valence-corrected chi connectivity index (χ0v) is 15.7. The van der Waals surface area contributed by atoms with Crippen molar-refractivity contribution in [3.63, 3.8) is 0 Å². The standard InChI is InChI=1S/C20H24N4O3/c1-13-6-7-16-15(12-13)14(2)17(26-16)19-22-23-20(27-19)18(25)21-8-5-11-24-9-3-4-10-24/h6-7,12H,3-5,8-11H2,1-2H3,(H,21,25). The lowest BCUT2D eigenvalue weighted by atomic mass is 10.1. The SMILES string of the molecule is Cc1ccc2oc(-c3nnc(C(=O)NCCCN4CCCC4)o3)c(C)c2c1. The van der Waals surface area contributed by atoms with Gasteiger partial charge in [0.2, 0.25) is 0 Å². The lowest BCUT2D eigenvalue weighted by molar-refractivity contribution is 0.0918. The largest absolute Gasteiger partial charge is 0.451 e. The molecule has 27 heavy (non-hydrogen) atoms. The highest BCUT2D eigenvalue weighted by Crippen LogP contribution is 2.32. The average molecular weight is 368 g/mol. The first kappa shape index (κ1) is 17.7. The van der Waals surface area contributed by atoms with E-state index in [4.69, 9.17) is 8.83 Å². The summed E-state index contributed by atoms with van der Waals surface area (Å²) in [6, 6.07) is 5.97. The first-order valence-corrected chi connectivity index (χ1v) is 9.46. The van der Waals surface area contributed by atoms with Crippen LogP contribution in [0.2, 0.25) is 0 Å². The fraction of sp³-hybridized carbons (Fsp3) is 0.450. The lowest BCUT2D eigenvalue weighted by Gasteiger charge is -2.13. The fourth-order valence-corrected chi connectivity index (χ4v) is 3.53. The van der Waals surface area contributed by atoms with Gasteiger partial charge in [0.1, 0.15) is 5.58 Å². The van der Waals surface area contributed by atoms with E-state index in [0.717, 1.165) is 48.2 Å². The van der Waals surface area contributed by atoms with Crippen molar-refractivity contribution >= 4 is 16.9 Å². The van der Waals surface area contributed by atoms with E-state index < -0.39 is 0 Å². The van der Waals surface area contributed by atoms with E-state index in [-0.39, 0.29) is 17.7 Å². The van der Waals surface area contributed by atoms with E-state index in [2.05, 4.69) is 26.5 Å². The van der Waals surface area contributed by atoms with Crippen LogP contribution < -0.4 is 5.32 Å². The van der Waals surface area contributed by atoms with Crippen molar-refractivity contribution in [1.29, 1.82) is 0 Å². The molecule has 1 saturated heterocycles. The zero-order chi connectivity index (χ0) is 18.8. The summed E-state index contributed by atoms with van der Waals surface area (Å²) in [5, 5.41) is 11.7. The molecular weight excluding hydrogens is 344 g/mol. The third-order valence-electron chi connectivity index (χ3n) is 5.04. The first-order valence-electron chi connectivity index (χ1n) is 9.46. The number of hydrogen-bond donors (Lipinski definition) is 1. The predicted molar refractivity (Wildman–Crippen MR) is 102 cm³/mol. The van der Waals surface area contributed by atoms with E-state index in [1.165, 1.54) is 12.8 Å². The number of furan rings is 1. The normalized spacial score (nSPS) is 14.9. The molecule has 3 heterocycles. The maximum Gasteiger partial charge on any atom is 0.308 e. The molecule has 1 amide bonds. The second-order valence-electron chi connectivity index (χ2n) is 7.13. The summed E-state index contributed by atoms with van der Waals surface area (Å²) in [4.78, 5) is 14.7. The molecule has 0 bridgehead atoms. The van der Waals surface area contributed by atoms with Gasteiger partial charge < -0.3 is 19.1 Å². The van der Waals surface area contributed by atoms with Gasteiger partial charge in [-0.3, -0.25) is 4.79 Å². The molecule has 0 atom stereocenters. The monoisotopic (exact) mass is 368 g/mol. The summed E-state index contributed by atoms with van der Waals surface area (Å²) in [6.45, 7) is 7.91. The quantitative estimate of drug-likeness (QED) is 0.672. The van der Waals surface area contributed by atoms with Gasteiger partial charge >= 0.3 is 11.8 Å². The number of amides is 1. The molecule has 0 radical (unpaired) electrons. The van der Waals surface area contributed by atoms with Crippen molar-refractivity contribution in [2.24, 2.45) is 0 Å². The second-order valence-corrected chi connectivity index (χ2v) is 7.13. The number of carbonyl (C=O) groups excluding carboxylic acids is 1. The average Bonchev–Trinajstić information content (AvgIpc) is 3.39. The molecule has 0 unspecified atom stereocenters. The van der Waals surface area contributed by atoms with E-state index >= 15 is 0 Å². The highest BCUT2D eigenvalue weighted by molar-refractivity contribution is 5.90. The summed E-state index contributed by atoms with van der Waals surface area (Å²) >= 11 is 0. The zero-order valence-electron chi connectivity index (χ0n) is 15.7. The van der Waals surface area contributed by atoms with Crippen LogP contribution in [0, 0.1) is 13.8 Å². The number of likely N-dealkylation sites (tertiary alicyclic amines) is 1. The molecule has 1 N–H and O–H groups in total. The molecule has 7 heteroatoms. The van der Waals surface area contributed by atoms with Crippen LogP contribution >= 0.6 is 0 Å². The van der Waals surface area contributed by atoms with Crippen molar-refractivity contribution in [2.45, 2.75) is 33.1 Å². The van der Waals surface area contributed by atoms with Crippen LogP contribution in [0.1, 0.15) is 41.1 Å². The maximum atomic E-state index is 12.2. The molecule has 7 nitrogen and oxygen atoms in total. The van der Waals surface area contributed by atoms with Gasteiger partial charge in [-0.2, -0.15) is 0 Å². The molecule has 1 aliphatic heterocycles.